The maximum Gasteiger partial charge on any atom is 0.224 e. The summed E-state index contributed by atoms with van der Waals surface area (Å²) in [5.74, 6) is 0.626. The topological polar surface area (TPSA) is 52.7 Å². The number of hydrogen-bond acceptors (Lipinski definition) is 3. The van der Waals surface area contributed by atoms with Gasteiger partial charge in [-0.05, 0) is 50.6 Å². The van der Waals surface area contributed by atoms with Crippen molar-refractivity contribution >= 4 is 11.8 Å². The lowest BCUT2D eigenvalue weighted by atomic mass is 9.93. The summed E-state index contributed by atoms with van der Waals surface area (Å²) in [6, 6.07) is 10.8. The van der Waals surface area contributed by atoms with Gasteiger partial charge in [-0.15, -0.1) is 0 Å². The summed E-state index contributed by atoms with van der Waals surface area (Å²) in [6.45, 7) is 6.53. The lowest BCUT2D eigenvalue weighted by Crippen LogP contribution is -2.51. The third-order valence-electron chi connectivity index (χ3n) is 6.46. The van der Waals surface area contributed by atoms with Crippen LogP contribution in [0, 0.1) is 5.92 Å². The first kappa shape index (κ1) is 21.8. The number of nitrogens with one attached hydrogen (secondary N) is 1. The number of rotatable bonds is 8. The van der Waals surface area contributed by atoms with Crippen molar-refractivity contribution in [2.75, 3.05) is 32.7 Å². The van der Waals surface area contributed by atoms with Crippen LogP contribution in [0.5, 0.6) is 0 Å². The van der Waals surface area contributed by atoms with E-state index < -0.39 is 0 Å². The number of amides is 2. The largest absolute Gasteiger partial charge is 0.355 e. The van der Waals surface area contributed by atoms with Crippen molar-refractivity contribution < 1.29 is 9.59 Å². The number of unbranched alkanes of at least 4 members (excludes halogenated alkanes) is 1. The number of benzene rings is 1. The molecule has 2 fully saturated rings. The summed E-state index contributed by atoms with van der Waals surface area (Å²) in [4.78, 5) is 29.5. The molecule has 0 aliphatic carbocycles. The zero-order chi connectivity index (χ0) is 20.5. The quantitative estimate of drug-likeness (QED) is 0.730. The first-order valence-corrected chi connectivity index (χ1v) is 11.5. The summed E-state index contributed by atoms with van der Waals surface area (Å²) >= 11 is 0. The lowest BCUT2D eigenvalue weighted by molar-refractivity contribution is -0.133. The van der Waals surface area contributed by atoms with Gasteiger partial charge in [-0.2, -0.15) is 0 Å². The molecule has 0 spiro atoms. The van der Waals surface area contributed by atoms with Gasteiger partial charge in [0.2, 0.25) is 11.8 Å². The van der Waals surface area contributed by atoms with Gasteiger partial charge in [0.25, 0.3) is 0 Å². The van der Waals surface area contributed by atoms with Gasteiger partial charge in [0, 0.05) is 38.6 Å². The highest BCUT2D eigenvalue weighted by atomic mass is 16.2. The number of carbonyl (C=O) groups is 2. The van der Waals surface area contributed by atoms with Crippen LogP contribution in [-0.2, 0) is 16.0 Å². The fourth-order valence-corrected chi connectivity index (χ4v) is 4.64. The summed E-state index contributed by atoms with van der Waals surface area (Å²) < 4.78 is 0. The van der Waals surface area contributed by atoms with Crippen LogP contribution < -0.4 is 5.32 Å². The van der Waals surface area contributed by atoms with E-state index >= 15 is 0 Å². The summed E-state index contributed by atoms with van der Waals surface area (Å²) in [6.07, 6.45) is 7.80. The Morgan fingerprint density at radius 1 is 1.07 bits per heavy atom. The Morgan fingerprint density at radius 3 is 2.55 bits per heavy atom. The minimum Gasteiger partial charge on any atom is -0.355 e. The van der Waals surface area contributed by atoms with Gasteiger partial charge in [-0.25, -0.2) is 0 Å². The van der Waals surface area contributed by atoms with E-state index in [4.69, 9.17) is 0 Å². The highest BCUT2D eigenvalue weighted by Gasteiger charge is 2.32. The molecular weight excluding hydrogens is 362 g/mol. The minimum absolute atomic E-state index is 0.101. The lowest BCUT2D eigenvalue weighted by Gasteiger charge is -2.42. The SMILES string of the molecule is CCCCC(=O)N1CCC(N2CCC[C@H](C(=O)NCCc3ccccc3)C2)CC1. The minimum atomic E-state index is 0.101. The molecule has 0 aromatic heterocycles. The fourth-order valence-electron chi connectivity index (χ4n) is 4.64. The molecule has 5 heteroatoms. The Bertz CT molecular complexity index is 641. The van der Waals surface area contributed by atoms with Gasteiger partial charge in [0.1, 0.15) is 0 Å². The standard InChI is InChI=1S/C24H37N3O2/c1-2-3-11-23(28)26-17-13-22(14-18-26)27-16-7-10-21(19-27)24(29)25-15-12-20-8-5-4-6-9-20/h4-6,8-9,21-22H,2-3,7,10-19H2,1H3,(H,25,29)/t21-/m0/s1. The van der Waals surface area contributed by atoms with E-state index in [-0.39, 0.29) is 11.8 Å². The van der Waals surface area contributed by atoms with Crippen molar-refractivity contribution in [3.8, 4) is 0 Å². The van der Waals surface area contributed by atoms with E-state index in [0.29, 0.717) is 24.9 Å². The summed E-state index contributed by atoms with van der Waals surface area (Å²) in [5, 5.41) is 3.15. The fraction of sp³-hybridized carbons (Fsp3) is 0.667. The zero-order valence-corrected chi connectivity index (χ0v) is 17.9. The molecule has 1 aromatic carbocycles. The van der Waals surface area contributed by atoms with Crippen molar-refractivity contribution in [1.29, 1.82) is 0 Å². The summed E-state index contributed by atoms with van der Waals surface area (Å²) in [7, 11) is 0. The molecule has 0 unspecified atom stereocenters. The molecule has 1 atom stereocenters. The molecule has 2 heterocycles. The van der Waals surface area contributed by atoms with Crippen molar-refractivity contribution in [3.05, 3.63) is 35.9 Å². The molecular formula is C24H37N3O2. The third kappa shape index (κ3) is 6.56. The third-order valence-corrected chi connectivity index (χ3v) is 6.46. The van der Waals surface area contributed by atoms with E-state index in [2.05, 4.69) is 29.3 Å². The van der Waals surface area contributed by atoms with Crippen LogP contribution >= 0.6 is 0 Å². The van der Waals surface area contributed by atoms with Crippen LogP contribution in [-0.4, -0.2) is 60.4 Å². The summed E-state index contributed by atoms with van der Waals surface area (Å²) in [5.41, 5.74) is 1.26. The van der Waals surface area contributed by atoms with Crippen molar-refractivity contribution in [2.24, 2.45) is 5.92 Å². The number of likely N-dealkylation sites (tertiary alicyclic amines) is 2. The number of piperidine rings is 2. The Labute approximate surface area is 175 Å². The van der Waals surface area contributed by atoms with Crippen LogP contribution in [0.25, 0.3) is 0 Å². The maximum atomic E-state index is 12.7. The van der Waals surface area contributed by atoms with E-state index in [0.717, 1.165) is 71.1 Å². The smallest absolute Gasteiger partial charge is 0.224 e. The molecule has 5 nitrogen and oxygen atoms in total. The Kier molecular flexibility index (Phi) is 8.53. The van der Waals surface area contributed by atoms with Crippen molar-refractivity contribution in [3.63, 3.8) is 0 Å². The second-order valence-corrected chi connectivity index (χ2v) is 8.58. The van der Waals surface area contributed by atoms with E-state index in [1.165, 1.54) is 5.56 Å². The van der Waals surface area contributed by atoms with Crippen LogP contribution in [0.1, 0.15) is 57.4 Å². The Hall–Kier alpha value is -1.88. The van der Waals surface area contributed by atoms with Crippen LogP contribution in [0.2, 0.25) is 0 Å². The second kappa shape index (κ2) is 11.3. The predicted octanol–water partition coefficient (Wildman–Crippen LogP) is 3.24. The van der Waals surface area contributed by atoms with Gasteiger partial charge in [-0.1, -0.05) is 43.7 Å². The molecule has 0 radical (unpaired) electrons. The Morgan fingerprint density at radius 2 is 1.83 bits per heavy atom. The molecule has 2 aliphatic heterocycles. The molecule has 2 aliphatic rings. The van der Waals surface area contributed by atoms with E-state index in [1.807, 2.05) is 23.1 Å². The molecule has 160 valence electrons. The Balaban J connectivity index is 1.40. The highest BCUT2D eigenvalue weighted by Crippen LogP contribution is 2.24. The van der Waals surface area contributed by atoms with E-state index in [1.54, 1.807) is 0 Å². The first-order valence-electron chi connectivity index (χ1n) is 11.5. The molecule has 29 heavy (non-hydrogen) atoms. The highest BCUT2D eigenvalue weighted by molar-refractivity contribution is 5.79. The molecule has 0 bridgehead atoms. The molecule has 2 amide bonds. The zero-order valence-electron chi connectivity index (χ0n) is 17.9. The van der Waals surface area contributed by atoms with Crippen molar-refractivity contribution in [1.82, 2.24) is 15.1 Å². The van der Waals surface area contributed by atoms with Gasteiger partial charge >= 0.3 is 0 Å². The second-order valence-electron chi connectivity index (χ2n) is 8.58. The average Bonchev–Trinajstić information content (AvgIpc) is 2.78. The van der Waals surface area contributed by atoms with Gasteiger partial charge in [-0.3, -0.25) is 14.5 Å². The van der Waals surface area contributed by atoms with Crippen molar-refractivity contribution in [2.45, 2.75) is 64.3 Å². The molecule has 1 N–H and O–H groups in total. The van der Waals surface area contributed by atoms with Crippen LogP contribution in [0.15, 0.2) is 30.3 Å². The van der Waals surface area contributed by atoms with E-state index in [9.17, 15) is 9.59 Å². The predicted molar refractivity (Wildman–Crippen MR) is 117 cm³/mol. The number of carbonyl (C=O) groups excluding carboxylic acids is 2. The monoisotopic (exact) mass is 399 g/mol. The normalized spacial score (nSPS) is 21.1. The molecule has 1 aromatic rings. The van der Waals surface area contributed by atoms with Gasteiger partial charge in [0.05, 0.1) is 5.92 Å². The van der Waals surface area contributed by atoms with Crippen LogP contribution in [0.4, 0.5) is 0 Å². The van der Waals surface area contributed by atoms with Crippen LogP contribution in [0.3, 0.4) is 0 Å². The number of nitrogens with zero attached hydrogens (tertiary/aromatic N) is 2. The average molecular weight is 400 g/mol. The molecule has 3 rings (SSSR count). The first-order chi connectivity index (χ1) is 14.2. The maximum absolute atomic E-state index is 12.7. The number of hydrogen-bond donors (Lipinski definition) is 1. The molecule has 0 saturated carbocycles. The van der Waals surface area contributed by atoms with Gasteiger partial charge < -0.3 is 10.2 Å². The van der Waals surface area contributed by atoms with Gasteiger partial charge in [0.15, 0.2) is 0 Å². The molecule has 2 saturated heterocycles.